The van der Waals surface area contributed by atoms with Gasteiger partial charge in [-0.3, -0.25) is 10.2 Å². The van der Waals surface area contributed by atoms with Gasteiger partial charge in [-0.2, -0.15) is 0 Å². The van der Waals surface area contributed by atoms with E-state index in [1.165, 1.54) is 0 Å². The molecule has 1 amide bonds. The summed E-state index contributed by atoms with van der Waals surface area (Å²) in [5.41, 5.74) is 13.6. The average Bonchev–Trinajstić information content (AvgIpc) is 2.16. The van der Waals surface area contributed by atoms with Gasteiger partial charge in [0.2, 0.25) is 5.91 Å². The minimum absolute atomic E-state index is 0.416. The molecule has 0 aliphatic carbocycles. The van der Waals surface area contributed by atoms with Crippen molar-refractivity contribution in [1.29, 1.82) is 0 Å². The lowest BCUT2D eigenvalue weighted by atomic mass is 10.3. The minimum Gasteiger partial charge on any atom is -0.368 e. The third-order valence-electron chi connectivity index (χ3n) is 2.40. The fourth-order valence-electron chi connectivity index (χ4n) is 1.29. The lowest BCUT2D eigenvalue weighted by Crippen LogP contribution is -2.55. The van der Waals surface area contributed by atoms with Gasteiger partial charge in [0.25, 0.3) is 0 Å². The Bertz CT molecular complexity index is 190. The number of hydrogen-bond donors (Lipinski definition) is 3. The Labute approximate surface area is 84.2 Å². The molecule has 1 aliphatic heterocycles. The number of amides is 1. The van der Waals surface area contributed by atoms with Crippen molar-refractivity contribution in [1.82, 2.24) is 15.3 Å². The van der Waals surface area contributed by atoms with Crippen molar-refractivity contribution in [2.24, 2.45) is 11.5 Å². The normalized spacial score (nSPS) is 22.1. The number of primary amides is 1. The monoisotopic (exact) mass is 201 g/mol. The molecule has 6 heteroatoms. The Morgan fingerprint density at radius 3 is 2.50 bits per heavy atom. The van der Waals surface area contributed by atoms with E-state index in [9.17, 15) is 4.79 Å². The van der Waals surface area contributed by atoms with Gasteiger partial charge in [-0.1, -0.05) is 0 Å². The van der Waals surface area contributed by atoms with Crippen molar-refractivity contribution >= 4 is 5.91 Å². The largest absolute Gasteiger partial charge is 0.368 e. The lowest BCUT2D eigenvalue weighted by Gasteiger charge is -2.33. The summed E-state index contributed by atoms with van der Waals surface area (Å²) in [6.07, 6.45) is 0. The molecule has 0 bridgehead atoms. The number of carbonyl (C=O) groups excluding carboxylic acids is 1. The summed E-state index contributed by atoms with van der Waals surface area (Å²) in [6.45, 7) is 4.36. The SMILES string of the molecule is CN1CCN(NCC(N)C(N)=O)CC1. The van der Waals surface area contributed by atoms with Crippen LogP contribution in [-0.2, 0) is 4.79 Å². The summed E-state index contributed by atoms with van der Waals surface area (Å²) in [5, 5.41) is 2.07. The molecule has 0 aromatic carbocycles. The summed E-state index contributed by atoms with van der Waals surface area (Å²) < 4.78 is 0. The number of piperazine rings is 1. The van der Waals surface area contributed by atoms with Crippen LogP contribution in [-0.4, -0.2) is 61.6 Å². The predicted octanol–water partition coefficient (Wildman–Crippen LogP) is -2.45. The van der Waals surface area contributed by atoms with Crippen LogP contribution in [0.1, 0.15) is 0 Å². The van der Waals surface area contributed by atoms with E-state index in [1.807, 2.05) is 0 Å². The van der Waals surface area contributed by atoms with Gasteiger partial charge in [-0.05, 0) is 7.05 Å². The predicted molar refractivity (Wildman–Crippen MR) is 54.2 cm³/mol. The molecule has 1 heterocycles. The van der Waals surface area contributed by atoms with Gasteiger partial charge < -0.3 is 16.4 Å². The van der Waals surface area contributed by atoms with E-state index < -0.39 is 11.9 Å². The summed E-state index contributed by atoms with van der Waals surface area (Å²) >= 11 is 0. The van der Waals surface area contributed by atoms with Crippen LogP contribution in [0.5, 0.6) is 0 Å². The Balaban J connectivity index is 2.16. The number of hydrogen-bond acceptors (Lipinski definition) is 5. The van der Waals surface area contributed by atoms with E-state index in [0.29, 0.717) is 6.54 Å². The zero-order chi connectivity index (χ0) is 10.6. The topological polar surface area (TPSA) is 87.6 Å². The number of carbonyl (C=O) groups is 1. The van der Waals surface area contributed by atoms with E-state index in [4.69, 9.17) is 11.5 Å². The highest BCUT2D eigenvalue weighted by atomic mass is 16.1. The van der Waals surface area contributed by atoms with Crippen LogP contribution < -0.4 is 16.9 Å². The van der Waals surface area contributed by atoms with Crippen LogP contribution in [0.15, 0.2) is 0 Å². The van der Waals surface area contributed by atoms with Crippen molar-refractivity contribution in [3.05, 3.63) is 0 Å². The molecule has 0 saturated carbocycles. The van der Waals surface area contributed by atoms with Crippen molar-refractivity contribution in [2.75, 3.05) is 39.8 Å². The smallest absolute Gasteiger partial charge is 0.235 e. The highest BCUT2D eigenvalue weighted by Crippen LogP contribution is 1.94. The number of nitrogens with one attached hydrogen (secondary N) is 1. The van der Waals surface area contributed by atoms with Crippen LogP contribution in [0.25, 0.3) is 0 Å². The van der Waals surface area contributed by atoms with Crippen LogP contribution >= 0.6 is 0 Å². The van der Waals surface area contributed by atoms with Crippen molar-refractivity contribution in [2.45, 2.75) is 6.04 Å². The van der Waals surface area contributed by atoms with Crippen molar-refractivity contribution in [3.63, 3.8) is 0 Å². The average molecular weight is 201 g/mol. The Kier molecular flexibility index (Phi) is 4.27. The van der Waals surface area contributed by atoms with E-state index >= 15 is 0 Å². The Morgan fingerprint density at radius 1 is 1.43 bits per heavy atom. The molecule has 1 rings (SSSR count). The van der Waals surface area contributed by atoms with Gasteiger partial charge in [0.15, 0.2) is 0 Å². The number of rotatable bonds is 4. The number of nitrogens with zero attached hydrogens (tertiary/aromatic N) is 2. The maximum atomic E-state index is 10.7. The van der Waals surface area contributed by atoms with Gasteiger partial charge in [0.05, 0.1) is 6.04 Å². The van der Waals surface area contributed by atoms with Crippen LogP contribution in [0.3, 0.4) is 0 Å². The quantitative estimate of drug-likeness (QED) is 0.470. The number of hydrazine groups is 1. The fraction of sp³-hybridized carbons (Fsp3) is 0.875. The lowest BCUT2D eigenvalue weighted by molar-refractivity contribution is -0.119. The summed E-state index contributed by atoms with van der Waals surface area (Å²) in [4.78, 5) is 12.9. The molecule has 1 saturated heterocycles. The number of likely N-dealkylation sites (N-methyl/N-ethyl adjacent to an activating group) is 1. The van der Waals surface area contributed by atoms with Crippen LogP contribution in [0.4, 0.5) is 0 Å². The van der Waals surface area contributed by atoms with Crippen LogP contribution in [0.2, 0.25) is 0 Å². The first kappa shape index (κ1) is 11.4. The second-order valence-corrected chi connectivity index (χ2v) is 3.66. The molecule has 1 fully saturated rings. The van der Waals surface area contributed by atoms with E-state index in [2.05, 4.69) is 22.4 Å². The highest BCUT2D eigenvalue weighted by molar-refractivity contribution is 5.79. The molecule has 6 nitrogen and oxygen atoms in total. The van der Waals surface area contributed by atoms with Gasteiger partial charge in [-0.15, -0.1) is 0 Å². The summed E-state index contributed by atoms with van der Waals surface area (Å²) in [7, 11) is 2.09. The highest BCUT2D eigenvalue weighted by Gasteiger charge is 2.15. The molecular formula is C8H19N5O. The van der Waals surface area contributed by atoms with E-state index in [0.717, 1.165) is 26.2 Å². The zero-order valence-corrected chi connectivity index (χ0v) is 8.57. The molecule has 82 valence electrons. The van der Waals surface area contributed by atoms with Gasteiger partial charge in [-0.25, -0.2) is 5.01 Å². The molecule has 1 unspecified atom stereocenters. The molecule has 0 aromatic rings. The fourth-order valence-corrected chi connectivity index (χ4v) is 1.29. The number of nitrogens with two attached hydrogens (primary N) is 2. The zero-order valence-electron chi connectivity index (χ0n) is 8.57. The molecule has 14 heavy (non-hydrogen) atoms. The molecular weight excluding hydrogens is 182 g/mol. The third kappa shape index (κ3) is 3.59. The summed E-state index contributed by atoms with van der Waals surface area (Å²) in [5.74, 6) is -0.466. The molecule has 5 N–H and O–H groups in total. The van der Waals surface area contributed by atoms with Gasteiger partial charge in [0, 0.05) is 32.7 Å². The maximum Gasteiger partial charge on any atom is 0.235 e. The first-order valence-electron chi connectivity index (χ1n) is 4.81. The molecule has 1 aliphatic rings. The van der Waals surface area contributed by atoms with Gasteiger partial charge in [0.1, 0.15) is 0 Å². The molecule has 1 atom stereocenters. The van der Waals surface area contributed by atoms with Crippen LogP contribution in [0, 0.1) is 0 Å². The van der Waals surface area contributed by atoms with Gasteiger partial charge >= 0.3 is 0 Å². The standard InChI is InChI=1S/C8H19N5O/c1-12-2-4-13(5-3-12)11-6-7(9)8(10)14/h7,11H,2-6,9H2,1H3,(H2,10,14). The minimum atomic E-state index is -0.602. The Morgan fingerprint density at radius 2 is 2.00 bits per heavy atom. The Hall–Kier alpha value is -0.690. The molecule has 0 aromatic heterocycles. The van der Waals surface area contributed by atoms with Crippen molar-refractivity contribution < 1.29 is 4.79 Å². The molecule has 0 spiro atoms. The summed E-state index contributed by atoms with van der Waals surface area (Å²) in [6, 6.07) is -0.602. The second kappa shape index (κ2) is 5.26. The maximum absolute atomic E-state index is 10.7. The first-order valence-corrected chi connectivity index (χ1v) is 4.81. The third-order valence-corrected chi connectivity index (χ3v) is 2.40. The van der Waals surface area contributed by atoms with Crippen molar-refractivity contribution in [3.8, 4) is 0 Å². The van der Waals surface area contributed by atoms with E-state index in [1.54, 1.807) is 0 Å². The second-order valence-electron chi connectivity index (χ2n) is 3.66. The van der Waals surface area contributed by atoms with E-state index in [-0.39, 0.29) is 0 Å². The molecule has 0 radical (unpaired) electrons. The first-order chi connectivity index (χ1) is 6.59.